The van der Waals surface area contributed by atoms with Crippen molar-refractivity contribution >= 4 is 5.97 Å². The van der Waals surface area contributed by atoms with Gasteiger partial charge in [-0.1, -0.05) is 13.3 Å². The summed E-state index contributed by atoms with van der Waals surface area (Å²) in [5, 5.41) is 8.82. The van der Waals surface area contributed by atoms with Crippen molar-refractivity contribution in [3.05, 3.63) is 23.3 Å². The van der Waals surface area contributed by atoms with Crippen LogP contribution in [0.2, 0.25) is 0 Å². The van der Waals surface area contributed by atoms with E-state index in [2.05, 4.69) is 6.92 Å². The monoisotopic (exact) mass is 267 g/mol. The fourth-order valence-corrected chi connectivity index (χ4v) is 2.04. The number of hydrogen-bond acceptors (Lipinski definition) is 4. The molecular formula is C14H21NO4. The molecule has 0 aliphatic heterocycles. The van der Waals surface area contributed by atoms with Gasteiger partial charge in [0.15, 0.2) is 0 Å². The Balaban J connectivity index is 3.19. The topological polar surface area (TPSA) is 81.8 Å². The first kappa shape index (κ1) is 15.3. The maximum absolute atomic E-state index is 10.8. The van der Waals surface area contributed by atoms with Crippen LogP contribution in [0.3, 0.4) is 0 Å². The second-order valence-electron chi connectivity index (χ2n) is 4.36. The van der Waals surface area contributed by atoms with Crippen LogP contribution in [0.15, 0.2) is 12.1 Å². The number of ether oxygens (including phenoxy) is 2. The molecule has 1 aromatic rings. The van der Waals surface area contributed by atoms with Crippen molar-refractivity contribution < 1.29 is 19.4 Å². The van der Waals surface area contributed by atoms with Crippen LogP contribution >= 0.6 is 0 Å². The summed E-state index contributed by atoms with van der Waals surface area (Å²) in [5.41, 5.74) is 7.59. The van der Waals surface area contributed by atoms with Crippen LogP contribution in [0.5, 0.6) is 11.5 Å². The smallest absolute Gasteiger partial charge is 0.305 e. The normalized spacial score (nSPS) is 12.0. The van der Waals surface area contributed by atoms with Crippen molar-refractivity contribution in [2.75, 3.05) is 14.2 Å². The number of benzene rings is 1. The molecule has 0 amide bonds. The van der Waals surface area contributed by atoms with E-state index in [4.69, 9.17) is 20.3 Å². The van der Waals surface area contributed by atoms with Crippen molar-refractivity contribution in [3.8, 4) is 11.5 Å². The predicted molar refractivity (Wildman–Crippen MR) is 72.7 cm³/mol. The summed E-state index contributed by atoms with van der Waals surface area (Å²) in [6, 6.07) is 3.04. The Kier molecular flexibility index (Phi) is 5.63. The maximum atomic E-state index is 10.8. The Labute approximate surface area is 113 Å². The first-order valence-corrected chi connectivity index (χ1v) is 6.25. The van der Waals surface area contributed by atoms with Crippen LogP contribution in [-0.4, -0.2) is 25.3 Å². The second kappa shape index (κ2) is 6.99. The van der Waals surface area contributed by atoms with Gasteiger partial charge in [0.2, 0.25) is 0 Å². The molecule has 0 bridgehead atoms. The van der Waals surface area contributed by atoms with Crippen molar-refractivity contribution in [1.82, 2.24) is 0 Å². The standard InChI is InChI=1S/C14H21NO4/c1-4-5-9-6-13(19-3)10(7-12(9)18-2)11(15)8-14(16)17/h6-7,11H,4-5,8,15H2,1-3H3,(H,16,17). The molecule has 0 radical (unpaired) electrons. The lowest BCUT2D eigenvalue weighted by molar-refractivity contribution is -0.137. The Morgan fingerprint density at radius 2 is 1.95 bits per heavy atom. The van der Waals surface area contributed by atoms with E-state index in [0.717, 1.165) is 24.2 Å². The summed E-state index contributed by atoms with van der Waals surface area (Å²) in [6.45, 7) is 2.08. The van der Waals surface area contributed by atoms with Crippen molar-refractivity contribution in [2.24, 2.45) is 5.73 Å². The van der Waals surface area contributed by atoms with Crippen LogP contribution in [-0.2, 0) is 11.2 Å². The molecule has 1 unspecified atom stereocenters. The van der Waals surface area contributed by atoms with Crippen LogP contribution in [0.25, 0.3) is 0 Å². The molecule has 0 aromatic heterocycles. The molecule has 0 saturated carbocycles. The number of methoxy groups -OCH3 is 2. The van der Waals surface area contributed by atoms with Crippen LogP contribution in [0.4, 0.5) is 0 Å². The highest BCUT2D eigenvalue weighted by molar-refractivity contribution is 5.68. The van der Waals surface area contributed by atoms with E-state index < -0.39 is 12.0 Å². The van der Waals surface area contributed by atoms with Gasteiger partial charge < -0.3 is 20.3 Å². The molecule has 0 saturated heterocycles. The fourth-order valence-electron chi connectivity index (χ4n) is 2.04. The molecule has 0 spiro atoms. The molecule has 19 heavy (non-hydrogen) atoms. The van der Waals surface area contributed by atoms with E-state index in [9.17, 15) is 4.79 Å². The largest absolute Gasteiger partial charge is 0.496 e. The molecule has 1 rings (SSSR count). The van der Waals surface area contributed by atoms with Gasteiger partial charge in [0.05, 0.1) is 20.6 Å². The third-order valence-electron chi connectivity index (χ3n) is 2.95. The quantitative estimate of drug-likeness (QED) is 0.791. The second-order valence-corrected chi connectivity index (χ2v) is 4.36. The number of nitrogens with two attached hydrogens (primary N) is 1. The summed E-state index contributed by atoms with van der Waals surface area (Å²) in [4.78, 5) is 10.8. The zero-order valence-electron chi connectivity index (χ0n) is 11.6. The van der Waals surface area contributed by atoms with Crippen molar-refractivity contribution in [2.45, 2.75) is 32.2 Å². The number of aliphatic carboxylic acids is 1. The van der Waals surface area contributed by atoms with Gasteiger partial charge in [-0.05, 0) is 24.1 Å². The average Bonchev–Trinajstić information content (AvgIpc) is 2.37. The summed E-state index contributed by atoms with van der Waals surface area (Å²) < 4.78 is 10.6. The zero-order chi connectivity index (χ0) is 14.4. The lowest BCUT2D eigenvalue weighted by Crippen LogP contribution is -2.16. The highest BCUT2D eigenvalue weighted by Gasteiger charge is 2.18. The number of carbonyl (C=O) groups is 1. The van der Waals surface area contributed by atoms with Gasteiger partial charge in [-0.15, -0.1) is 0 Å². The minimum atomic E-state index is -0.939. The number of hydrogen-bond donors (Lipinski definition) is 2. The number of carboxylic acid groups (broad SMARTS) is 1. The highest BCUT2D eigenvalue weighted by atomic mass is 16.5. The number of carboxylic acids is 1. The van der Waals surface area contributed by atoms with Gasteiger partial charge in [0.1, 0.15) is 11.5 Å². The summed E-state index contributed by atoms with van der Waals surface area (Å²) in [5.74, 6) is 0.391. The van der Waals surface area contributed by atoms with Gasteiger partial charge in [-0.3, -0.25) is 4.79 Å². The Hall–Kier alpha value is -1.75. The van der Waals surface area contributed by atoms with E-state index in [0.29, 0.717) is 11.3 Å². The summed E-state index contributed by atoms with van der Waals surface area (Å²) in [6.07, 6.45) is 1.71. The van der Waals surface area contributed by atoms with E-state index in [1.807, 2.05) is 6.07 Å². The van der Waals surface area contributed by atoms with Gasteiger partial charge in [0, 0.05) is 11.6 Å². The molecule has 5 nitrogen and oxygen atoms in total. The van der Waals surface area contributed by atoms with Gasteiger partial charge in [0.25, 0.3) is 0 Å². The van der Waals surface area contributed by atoms with E-state index in [1.54, 1.807) is 20.3 Å². The third-order valence-corrected chi connectivity index (χ3v) is 2.95. The Bertz CT molecular complexity index is 445. The highest BCUT2D eigenvalue weighted by Crippen LogP contribution is 2.33. The molecule has 1 aromatic carbocycles. The Morgan fingerprint density at radius 3 is 2.42 bits per heavy atom. The van der Waals surface area contributed by atoms with Crippen molar-refractivity contribution in [3.63, 3.8) is 0 Å². The molecule has 3 N–H and O–H groups in total. The van der Waals surface area contributed by atoms with Gasteiger partial charge in [-0.2, -0.15) is 0 Å². The minimum absolute atomic E-state index is 0.146. The van der Waals surface area contributed by atoms with Crippen LogP contribution in [0, 0.1) is 0 Å². The van der Waals surface area contributed by atoms with Gasteiger partial charge in [-0.25, -0.2) is 0 Å². The maximum Gasteiger partial charge on any atom is 0.305 e. The minimum Gasteiger partial charge on any atom is -0.496 e. The molecule has 0 aliphatic carbocycles. The van der Waals surface area contributed by atoms with E-state index in [1.165, 1.54) is 0 Å². The molecule has 1 atom stereocenters. The molecule has 0 fully saturated rings. The molecule has 106 valence electrons. The predicted octanol–water partition coefficient (Wildman–Crippen LogP) is 2.13. The van der Waals surface area contributed by atoms with E-state index >= 15 is 0 Å². The first-order chi connectivity index (χ1) is 9.03. The summed E-state index contributed by atoms with van der Waals surface area (Å²) in [7, 11) is 3.14. The first-order valence-electron chi connectivity index (χ1n) is 6.25. The number of aryl methyl sites for hydroxylation is 1. The Morgan fingerprint density at radius 1 is 1.32 bits per heavy atom. The van der Waals surface area contributed by atoms with Crippen LogP contribution < -0.4 is 15.2 Å². The molecule has 0 aliphatic rings. The lowest BCUT2D eigenvalue weighted by atomic mass is 9.99. The van der Waals surface area contributed by atoms with Crippen LogP contribution in [0.1, 0.15) is 36.9 Å². The lowest BCUT2D eigenvalue weighted by Gasteiger charge is -2.18. The average molecular weight is 267 g/mol. The molecular weight excluding hydrogens is 246 g/mol. The zero-order valence-corrected chi connectivity index (χ0v) is 11.6. The number of rotatable bonds is 7. The molecule has 5 heteroatoms. The van der Waals surface area contributed by atoms with E-state index in [-0.39, 0.29) is 6.42 Å². The van der Waals surface area contributed by atoms with Gasteiger partial charge >= 0.3 is 5.97 Å². The molecule has 0 heterocycles. The third kappa shape index (κ3) is 3.86. The van der Waals surface area contributed by atoms with Crippen molar-refractivity contribution in [1.29, 1.82) is 0 Å². The summed E-state index contributed by atoms with van der Waals surface area (Å²) >= 11 is 0. The fraction of sp³-hybridized carbons (Fsp3) is 0.500. The SMILES string of the molecule is CCCc1cc(OC)c(C(N)CC(=O)O)cc1OC.